The first-order chi connectivity index (χ1) is 17.1. The number of hydrogen-bond acceptors (Lipinski definition) is 4. The van der Waals surface area contributed by atoms with E-state index in [9.17, 15) is 4.39 Å². The third kappa shape index (κ3) is 5.23. The summed E-state index contributed by atoms with van der Waals surface area (Å²) in [6, 6.07) is 24.2. The van der Waals surface area contributed by atoms with Crippen molar-refractivity contribution in [3.8, 4) is 11.3 Å². The lowest BCUT2D eigenvalue weighted by Crippen LogP contribution is -2.31. The molecule has 2 aromatic carbocycles. The van der Waals surface area contributed by atoms with E-state index in [0.29, 0.717) is 26.7 Å². The summed E-state index contributed by atoms with van der Waals surface area (Å²) < 4.78 is 21.5. The molecule has 2 atom stereocenters. The smallest absolute Gasteiger partial charge is 0.170 e. The maximum atomic E-state index is 14.6. The van der Waals surface area contributed by atoms with Crippen molar-refractivity contribution < 1.29 is 8.81 Å². The lowest BCUT2D eigenvalue weighted by Gasteiger charge is -2.26. The first-order valence-corrected chi connectivity index (χ1v) is 12.6. The Morgan fingerprint density at radius 2 is 1.89 bits per heavy atom. The summed E-state index contributed by atoms with van der Waals surface area (Å²) in [5, 5.41) is 7.53. The molecule has 0 amide bonds. The molecule has 1 aliphatic rings. The molecule has 4 aromatic rings. The van der Waals surface area contributed by atoms with Crippen molar-refractivity contribution in [2.75, 3.05) is 18.4 Å². The SMILES string of the molecule is Fc1cc(Br)ccc1-c1ccc([C@@H]2[C@H](c3ccccn3)NC(=S)N2CCCNc2ccccc2)o1. The Morgan fingerprint density at radius 1 is 1.06 bits per heavy atom. The third-order valence-electron chi connectivity index (χ3n) is 5.99. The third-order valence-corrected chi connectivity index (χ3v) is 6.84. The molecular formula is C27H24BrFN4OS. The zero-order valence-electron chi connectivity index (χ0n) is 18.8. The second-order valence-electron chi connectivity index (χ2n) is 8.29. The fraction of sp³-hybridized carbons (Fsp3) is 0.185. The number of hydrogen-bond donors (Lipinski definition) is 2. The Morgan fingerprint density at radius 3 is 2.66 bits per heavy atom. The summed E-state index contributed by atoms with van der Waals surface area (Å²) in [5.41, 5.74) is 2.38. The van der Waals surface area contributed by atoms with Crippen LogP contribution in [0.5, 0.6) is 0 Å². The van der Waals surface area contributed by atoms with Gasteiger partial charge in [0.15, 0.2) is 5.11 Å². The molecule has 0 spiro atoms. The van der Waals surface area contributed by atoms with E-state index in [0.717, 1.165) is 30.9 Å². The van der Waals surface area contributed by atoms with Gasteiger partial charge in [-0.25, -0.2) is 4.39 Å². The van der Waals surface area contributed by atoms with Crippen LogP contribution in [0.2, 0.25) is 0 Å². The first kappa shape index (κ1) is 23.5. The van der Waals surface area contributed by atoms with E-state index >= 15 is 0 Å². The van der Waals surface area contributed by atoms with E-state index in [1.807, 2.05) is 60.7 Å². The van der Waals surface area contributed by atoms with Gasteiger partial charge in [0.05, 0.1) is 17.3 Å². The Bertz CT molecular complexity index is 1300. The highest BCUT2D eigenvalue weighted by Crippen LogP contribution is 2.40. The monoisotopic (exact) mass is 550 g/mol. The van der Waals surface area contributed by atoms with Crippen LogP contribution in [0.3, 0.4) is 0 Å². The average Bonchev–Trinajstić information content (AvgIpc) is 3.47. The van der Waals surface area contributed by atoms with Crippen LogP contribution in [-0.2, 0) is 0 Å². The highest BCUT2D eigenvalue weighted by molar-refractivity contribution is 9.10. The average molecular weight is 551 g/mol. The summed E-state index contributed by atoms with van der Waals surface area (Å²) in [6.07, 6.45) is 2.64. The zero-order chi connectivity index (χ0) is 24.2. The molecule has 5 nitrogen and oxygen atoms in total. The van der Waals surface area contributed by atoms with Gasteiger partial charge in [-0.15, -0.1) is 0 Å². The van der Waals surface area contributed by atoms with E-state index in [4.69, 9.17) is 16.6 Å². The van der Waals surface area contributed by atoms with Gasteiger partial charge < -0.3 is 20.0 Å². The normalized spacial score (nSPS) is 17.4. The van der Waals surface area contributed by atoms with Gasteiger partial charge in [0, 0.05) is 29.4 Å². The number of anilines is 1. The summed E-state index contributed by atoms with van der Waals surface area (Å²) in [7, 11) is 0. The molecule has 0 radical (unpaired) electrons. The molecule has 35 heavy (non-hydrogen) atoms. The topological polar surface area (TPSA) is 53.3 Å². The van der Waals surface area contributed by atoms with Crippen molar-refractivity contribution in [3.63, 3.8) is 0 Å². The van der Waals surface area contributed by atoms with Gasteiger partial charge in [0.2, 0.25) is 0 Å². The van der Waals surface area contributed by atoms with Gasteiger partial charge in [-0.3, -0.25) is 4.98 Å². The number of aromatic nitrogens is 1. The van der Waals surface area contributed by atoms with Gasteiger partial charge in [-0.1, -0.05) is 40.2 Å². The number of benzene rings is 2. The number of thiocarbonyl (C=S) groups is 1. The number of para-hydroxylation sites is 1. The number of nitrogens with one attached hydrogen (secondary N) is 2. The summed E-state index contributed by atoms with van der Waals surface area (Å²) in [5.74, 6) is 0.847. The van der Waals surface area contributed by atoms with Crippen LogP contribution in [0.1, 0.15) is 30.0 Å². The van der Waals surface area contributed by atoms with Crippen molar-refractivity contribution in [1.29, 1.82) is 0 Å². The zero-order valence-corrected chi connectivity index (χ0v) is 21.2. The fourth-order valence-corrected chi connectivity index (χ4v) is 5.00. The molecule has 2 N–H and O–H groups in total. The number of nitrogens with zero attached hydrogens (tertiary/aromatic N) is 2. The number of rotatable bonds is 8. The Hall–Kier alpha value is -3.23. The molecule has 5 rings (SSSR count). The summed E-state index contributed by atoms with van der Waals surface area (Å²) in [4.78, 5) is 6.70. The van der Waals surface area contributed by atoms with Gasteiger partial charge in [0.1, 0.15) is 23.4 Å². The molecule has 3 heterocycles. The lowest BCUT2D eigenvalue weighted by molar-refractivity contribution is 0.274. The van der Waals surface area contributed by atoms with E-state index in [1.165, 1.54) is 6.07 Å². The maximum absolute atomic E-state index is 14.6. The van der Waals surface area contributed by atoms with Crippen LogP contribution >= 0.6 is 28.1 Å². The Labute approximate surface area is 217 Å². The molecule has 178 valence electrons. The van der Waals surface area contributed by atoms with Crippen LogP contribution in [-0.4, -0.2) is 28.1 Å². The highest BCUT2D eigenvalue weighted by atomic mass is 79.9. The van der Waals surface area contributed by atoms with Gasteiger partial charge >= 0.3 is 0 Å². The molecule has 1 fully saturated rings. The van der Waals surface area contributed by atoms with E-state index in [2.05, 4.69) is 36.4 Å². The minimum atomic E-state index is -0.342. The van der Waals surface area contributed by atoms with Gasteiger partial charge in [-0.2, -0.15) is 0 Å². The summed E-state index contributed by atoms with van der Waals surface area (Å²) in [6.45, 7) is 1.53. The number of pyridine rings is 1. The molecule has 1 aliphatic heterocycles. The van der Waals surface area contributed by atoms with Crippen LogP contribution in [0.4, 0.5) is 10.1 Å². The van der Waals surface area contributed by atoms with E-state index < -0.39 is 0 Å². The molecule has 2 aromatic heterocycles. The van der Waals surface area contributed by atoms with Crippen LogP contribution in [0, 0.1) is 5.82 Å². The first-order valence-electron chi connectivity index (χ1n) is 11.4. The van der Waals surface area contributed by atoms with Gasteiger partial charge in [-0.05, 0) is 73.2 Å². The van der Waals surface area contributed by atoms with E-state index in [-0.39, 0.29) is 17.9 Å². The predicted molar refractivity (Wildman–Crippen MR) is 144 cm³/mol. The molecule has 0 unspecified atom stereocenters. The van der Waals surface area contributed by atoms with Crippen molar-refractivity contribution >= 4 is 38.9 Å². The quantitative estimate of drug-likeness (QED) is 0.187. The Balaban J connectivity index is 1.39. The maximum Gasteiger partial charge on any atom is 0.170 e. The van der Waals surface area contributed by atoms with Crippen LogP contribution in [0.15, 0.2) is 93.9 Å². The van der Waals surface area contributed by atoms with Crippen molar-refractivity contribution in [2.45, 2.75) is 18.5 Å². The highest BCUT2D eigenvalue weighted by Gasteiger charge is 2.41. The van der Waals surface area contributed by atoms with Crippen molar-refractivity contribution in [1.82, 2.24) is 15.2 Å². The number of furan rings is 1. The molecule has 0 saturated carbocycles. The molecule has 0 bridgehead atoms. The molecule has 8 heteroatoms. The van der Waals surface area contributed by atoms with Crippen LogP contribution in [0.25, 0.3) is 11.3 Å². The minimum Gasteiger partial charge on any atom is -0.459 e. The van der Waals surface area contributed by atoms with Crippen molar-refractivity contribution in [2.24, 2.45) is 0 Å². The fourth-order valence-electron chi connectivity index (χ4n) is 4.34. The lowest BCUT2D eigenvalue weighted by atomic mass is 10.0. The van der Waals surface area contributed by atoms with E-state index in [1.54, 1.807) is 18.3 Å². The second kappa shape index (κ2) is 10.6. The van der Waals surface area contributed by atoms with Crippen molar-refractivity contribution in [3.05, 3.63) is 107 Å². The number of halogens is 2. The largest absolute Gasteiger partial charge is 0.459 e. The van der Waals surface area contributed by atoms with Gasteiger partial charge in [0.25, 0.3) is 0 Å². The molecular weight excluding hydrogens is 527 g/mol. The van der Waals surface area contributed by atoms with Crippen LogP contribution < -0.4 is 10.6 Å². The minimum absolute atomic E-state index is 0.181. The molecule has 1 saturated heterocycles. The standard InChI is InChI=1S/C27H24BrFN4OS/c28-18-10-11-20(21(29)17-18)23-12-13-24(34-23)26-25(22-9-4-5-14-31-22)32-27(35)33(26)16-6-15-30-19-7-2-1-3-8-19/h1-5,7-14,17,25-26,30H,6,15-16H2,(H,32,35)/t25-,26+/m0/s1. The predicted octanol–water partition coefficient (Wildman–Crippen LogP) is 6.72. The second-order valence-corrected chi connectivity index (χ2v) is 9.59. The summed E-state index contributed by atoms with van der Waals surface area (Å²) >= 11 is 9.04. The Kier molecular flexibility index (Phi) is 7.11. The molecule has 0 aliphatic carbocycles.